The molecule has 0 unspecified atom stereocenters. The third kappa shape index (κ3) is 2.51. The molecule has 4 rings (SSSR count). The van der Waals surface area contributed by atoms with E-state index >= 15 is 0 Å². The summed E-state index contributed by atoms with van der Waals surface area (Å²) in [5.74, 6) is 6.39. The molecule has 2 heterocycles. The van der Waals surface area contributed by atoms with Crippen molar-refractivity contribution in [1.82, 2.24) is 15.2 Å². The maximum absolute atomic E-state index is 6.15. The number of fused-ring (bicyclic) bond motifs is 2. The molecule has 5 heteroatoms. The van der Waals surface area contributed by atoms with E-state index in [1.165, 1.54) is 0 Å². The quantitative estimate of drug-likeness (QED) is 0.378. The summed E-state index contributed by atoms with van der Waals surface area (Å²) in [7, 11) is 0. The molecule has 2 aromatic heterocycles. The van der Waals surface area contributed by atoms with E-state index in [0.717, 1.165) is 37.4 Å². The van der Waals surface area contributed by atoms with Crippen LogP contribution in [0.25, 0.3) is 21.7 Å². The van der Waals surface area contributed by atoms with Crippen LogP contribution >= 0.6 is 11.6 Å². The Bertz CT molecular complexity index is 1110. The van der Waals surface area contributed by atoms with Crippen LogP contribution in [0.5, 0.6) is 0 Å². The van der Waals surface area contributed by atoms with E-state index in [2.05, 4.69) is 49.9 Å². The van der Waals surface area contributed by atoms with E-state index in [-0.39, 0.29) is 0 Å². The molecule has 0 aliphatic heterocycles. The van der Waals surface area contributed by atoms with Gasteiger partial charge in [-0.1, -0.05) is 0 Å². The number of hydrogen-bond donors (Lipinski definition) is 1. The molecule has 23 heavy (non-hydrogen) atoms. The normalized spacial score (nSPS) is 10.7. The van der Waals surface area contributed by atoms with Crippen molar-refractivity contribution in [3.63, 3.8) is 0 Å². The van der Waals surface area contributed by atoms with Crippen molar-refractivity contribution >= 4 is 54.6 Å². The zero-order chi connectivity index (χ0) is 15.8. The molecule has 3 nitrogen and oxygen atoms in total. The number of halogens is 1. The second-order valence-corrected chi connectivity index (χ2v) is 6.32. The molecule has 0 saturated carbocycles. The molecule has 0 saturated heterocycles. The predicted molar refractivity (Wildman–Crippen MR) is 94.2 cm³/mol. The van der Waals surface area contributed by atoms with Gasteiger partial charge in [-0.3, -0.25) is 0 Å². The fraction of sp³-hybridized carbons (Fsp3) is 0. The van der Waals surface area contributed by atoms with Crippen molar-refractivity contribution in [2.75, 3.05) is 0 Å². The summed E-state index contributed by atoms with van der Waals surface area (Å²) in [6.07, 6.45) is 1.86. The molecule has 4 aromatic rings. The molecular formula is C18H9AsClN3. The van der Waals surface area contributed by atoms with Gasteiger partial charge in [-0.2, -0.15) is 0 Å². The van der Waals surface area contributed by atoms with Crippen LogP contribution in [0.1, 0.15) is 11.3 Å². The van der Waals surface area contributed by atoms with E-state index < -0.39 is 0 Å². The van der Waals surface area contributed by atoms with Crippen LogP contribution in [0.4, 0.5) is 0 Å². The summed E-state index contributed by atoms with van der Waals surface area (Å²) in [6.45, 7) is 0. The Hall–Kier alpha value is -2.27. The molecular weight excluding hydrogens is 369 g/mol. The zero-order valence-corrected chi connectivity index (χ0v) is 14.5. The van der Waals surface area contributed by atoms with Crippen molar-refractivity contribution in [3.05, 3.63) is 64.9 Å². The van der Waals surface area contributed by atoms with Crippen LogP contribution in [0.3, 0.4) is 0 Å². The first-order valence-electron chi connectivity index (χ1n) is 6.95. The Labute approximate surface area is 146 Å². The van der Waals surface area contributed by atoms with E-state index in [9.17, 15) is 0 Å². The number of nitrogens with one attached hydrogen (secondary N) is 1. The van der Waals surface area contributed by atoms with Crippen molar-refractivity contribution in [2.45, 2.75) is 0 Å². The third-order valence-electron chi connectivity index (χ3n) is 3.63. The standard InChI is InChI=1S/C18H9AsClN3/c19-18-13(12-5-2-1-4-11(12)10-21-18)8-9-16-14-6-3-7-15(20)17(14)23-22-16/h1-7,10H,(H,22,23). The average molecular weight is 378 g/mol. The molecule has 0 aliphatic carbocycles. The molecule has 0 amide bonds. The first-order chi connectivity index (χ1) is 11.2. The zero-order valence-electron chi connectivity index (χ0n) is 11.8. The summed E-state index contributed by atoms with van der Waals surface area (Å²) < 4.78 is 0.852. The van der Waals surface area contributed by atoms with Crippen molar-refractivity contribution < 1.29 is 0 Å². The molecule has 1 N–H and O–H groups in total. The van der Waals surface area contributed by atoms with Gasteiger partial charge in [-0.15, -0.1) is 0 Å². The summed E-state index contributed by atoms with van der Waals surface area (Å²) in [6, 6.07) is 13.8. The maximum atomic E-state index is 6.15. The van der Waals surface area contributed by atoms with Gasteiger partial charge in [0.25, 0.3) is 0 Å². The molecule has 0 spiro atoms. The number of aromatic amines is 1. The number of hydrogen-bond acceptors (Lipinski definition) is 2. The number of aromatic nitrogens is 3. The number of nitrogens with zero attached hydrogens (tertiary/aromatic N) is 2. The van der Waals surface area contributed by atoms with Crippen molar-refractivity contribution in [1.29, 1.82) is 0 Å². The van der Waals surface area contributed by atoms with Gasteiger partial charge in [-0.25, -0.2) is 0 Å². The number of H-pyrrole nitrogens is 1. The van der Waals surface area contributed by atoms with Crippen LogP contribution in [-0.2, 0) is 0 Å². The number of para-hydroxylation sites is 1. The van der Waals surface area contributed by atoms with Gasteiger partial charge in [0.1, 0.15) is 0 Å². The Balaban J connectivity index is 1.90. The van der Waals surface area contributed by atoms with Gasteiger partial charge < -0.3 is 0 Å². The summed E-state index contributed by atoms with van der Waals surface area (Å²) in [4.78, 5) is 4.41. The van der Waals surface area contributed by atoms with Crippen LogP contribution in [-0.4, -0.2) is 32.0 Å². The van der Waals surface area contributed by atoms with Gasteiger partial charge in [0.2, 0.25) is 0 Å². The minimum atomic E-state index is 0.617. The van der Waals surface area contributed by atoms with E-state index in [1.54, 1.807) is 0 Å². The van der Waals surface area contributed by atoms with E-state index in [1.807, 2.05) is 42.6 Å². The topological polar surface area (TPSA) is 41.6 Å². The number of pyridine rings is 1. The Morgan fingerprint density at radius 3 is 2.74 bits per heavy atom. The Morgan fingerprint density at radius 1 is 1.00 bits per heavy atom. The van der Waals surface area contributed by atoms with Crippen LogP contribution < -0.4 is 4.48 Å². The third-order valence-corrected chi connectivity index (χ3v) is 4.64. The molecule has 0 aliphatic rings. The van der Waals surface area contributed by atoms with Gasteiger partial charge in [0, 0.05) is 0 Å². The van der Waals surface area contributed by atoms with Gasteiger partial charge in [-0.05, 0) is 0 Å². The van der Waals surface area contributed by atoms with Crippen molar-refractivity contribution in [2.24, 2.45) is 0 Å². The number of rotatable bonds is 0. The second-order valence-electron chi connectivity index (χ2n) is 5.03. The van der Waals surface area contributed by atoms with Gasteiger partial charge in [0.05, 0.1) is 0 Å². The average Bonchev–Trinajstić information content (AvgIpc) is 2.99. The first kappa shape index (κ1) is 14.3. The molecule has 0 fully saturated rings. The molecule has 2 radical (unpaired) electrons. The molecule has 108 valence electrons. The van der Waals surface area contributed by atoms with Crippen LogP contribution in [0.15, 0.2) is 48.7 Å². The molecule has 0 atom stereocenters. The van der Waals surface area contributed by atoms with Gasteiger partial charge >= 0.3 is 147 Å². The van der Waals surface area contributed by atoms with E-state index in [4.69, 9.17) is 11.6 Å². The minimum absolute atomic E-state index is 0.617. The summed E-state index contributed by atoms with van der Waals surface area (Å²) in [5, 5.41) is 10.9. The monoisotopic (exact) mass is 377 g/mol. The Morgan fingerprint density at radius 2 is 1.83 bits per heavy atom. The van der Waals surface area contributed by atoms with Crippen molar-refractivity contribution in [3.8, 4) is 11.8 Å². The first-order valence-corrected chi connectivity index (χ1v) is 8.27. The second kappa shape index (κ2) is 5.74. The fourth-order valence-corrected chi connectivity index (χ4v) is 3.21. The predicted octanol–water partition coefficient (Wildman–Crippen LogP) is 2.96. The SMILES string of the molecule is Clc1cccc2c(C#Cc3c([As])ncc4ccccc34)[nH]nc12. The van der Waals surface area contributed by atoms with Gasteiger partial charge in [0.15, 0.2) is 0 Å². The summed E-state index contributed by atoms with van der Waals surface area (Å²) >= 11 is 8.62. The molecule has 2 aromatic carbocycles. The van der Waals surface area contributed by atoms with Crippen LogP contribution in [0.2, 0.25) is 5.02 Å². The number of benzene rings is 2. The fourth-order valence-electron chi connectivity index (χ4n) is 2.50. The molecule has 0 bridgehead atoms. The Kier molecular flexibility index (Phi) is 3.57. The summed E-state index contributed by atoms with van der Waals surface area (Å²) in [5.41, 5.74) is 2.40. The van der Waals surface area contributed by atoms with Crippen LogP contribution in [0, 0.1) is 11.8 Å². The van der Waals surface area contributed by atoms with E-state index in [0.29, 0.717) is 5.02 Å².